The number of cyclic esters (lactones) is 1. The van der Waals surface area contributed by atoms with Gasteiger partial charge in [-0.2, -0.15) is 0 Å². The van der Waals surface area contributed by atoms with Crippen LogP contribution in [0.5, 0.6) is 0 Å². The SMILES string of the molecule is [C-]#[N+]c1cc(F)c2c(c1)COC2=O. The molecule has 0 amide bonds. The first-order valence-electron chi connectivity index (χ1n) is 3.59. The van der Waals surface area contributed by atoms with Crippen LogP contribution in [0, 0.1) is 12.4 Å². The minimum Gasteiger partial charge on any atom is -0.457 e. The fourth-order valence-electron chi connectivity index (χ4n) is 1.27. The van der Waals surface area contributed by atoms with Crippen LogP contribution in [0.1, 0.15) is 15.9 Å². The van der Waals surface area contributed by atoms with Gasteiger partial charge in [0.15, 0.2) is 5.69 Å². The van der Waals surface area contributed by atoms with Crippen molar-refractivity contribution in [2.24, 2.45) is 0 Å². The summed E-state index contributed by atoms with van der Waals surface area (Å²) in [6, 6.07) is 2.51. The van der Waals surface area contributed by atoms with Gasteiger partial charge in [0.2, 0.25) is 0 Å². The molecule has 0 aliphatic carbocycles. The van der Waals surface area contributed by atoms with Gasteiger partial charge in [0.05, 0.1) is 12.1 Å². The second kappa shape index (κ2) is 2.56. The van der Waals surface area contributed by atoms with Gasteiger partial charge in [0.25, 0.3) is 0 Å². The van der Waals surface area contributed by atoms with E-state index in [0.29, 0.717) is 5.56 Å². The molecule has 1 aliphatic rings. The Balaban J connectivity index is 2.67. The van der Waals surface area contributed by atoms with E-state index in [1.807, 2.05) is 0 Å². The number of nitrogens with zero attached hydrogens (tertiary/aromatic N) is 1. The van der Waals surface area contributed by atoms with Gasteiger partial charge in [0, 0.05) is 0 Å². The standard InChI is InChI=1S/C9H4FNO2/c1-11-6-2-5-4-13-9(12)8(5)7(10)3-6/h2-3H,4H2. The third-order valence-corrected chi connectivity index (χ3v) is 1.85. The lowest BCUT2D eigenvalue weighted by Crippen LogP contribution is -1.97. The highest BCUT2D eigenvalue weighted by atomic mass is 19.1. The fraction of sp³-hybridized carbons (Fsp3) is 0.111. The highest BCUT2D eigenvalue weighted by Crippen LogP contribution is 2.27. The van der Waals surface area contributed by atoms with Gasteiger partial charge in [-0.3, -0.25) is 0 Å². The van der Waals surface area contributed by atoms with Crippen LogP contribution in [-0.4, -0.2) is 5.97 Å². The quantitative estimate of drug-likeness (QED) is 0.448. The molecule has 0 unspecified atom stereocenters. The molecule has 13 heavy (non-hydrogen) atoms. The van der Waals surface area contributed by atoms with Crippen LogP contribution in [0.25, 0.3) is 4.85 Å². The molecule has 1 aromatic carbocycles. The van der Waals surface area contributed by atoms with Crippen molar-refractivity contribution in [1.29, 1.82) is 0 Å². The molecule has 0 fully saturated rings. The van der Waals surface area contributed by atoms with Crippen LogP contribution in [0.3, 0.4) is 0 Å². The number of esters is 1. The van der Waals surface area contributed by atoms with E-state index in [4.69, 9.17) is 6.57 Å². The predicted octanol–water partition coefficient (Wildman–Crippen LogP) is 2.05. The number of rotatable bonds is 0. The molecule has 0 aromatic heterocycles. The van der Waals surface area contributed by atoms with E-state index >= 15 is 0 Å². The number of fused-ring (bicyclic) bond motifs is 1. The number of benzene rings is 1. The van der Waals surface area contributed by atoms with E-state index in [1.165, 1.54) is 6.07 Å². The molecule has 3 nitrogen and oxygen atoms in total. The lowest BCUT2D eigenvalue weighted by molar-refractivity contribution is 0.0532. The summed E-state index contributed by atoms with van der Waals surface area (Å²) in [6.07, 6.45) is 0. The van der Waals surface area contributed by atoms with Gasteiger partial charge >= 0.3 is 5.97 Å². The zero-order valence-corrected chi connectivity index (χ0v) is 6.50. The number of ether oxygens (including phenoxy) is 1. The zero-order valence-electron chi connectivity index (χ0n) is 6.50. The number of carbonyl (C=O) groups excluding carboxylic acids is 1. The summed E-state index contributed by atoms with van der Waals surface area (Å²) in [5, 5.41) is 0. The number of hydrogen-bond donors (Lipinski definition) is 0. The zero-order chi connectivity index (χ0) is 9.42. The van der Waals surface area contributed by atoms with Gasteiger partial charge in [-0.15, -0.1) is 0 Å². The van der Waals surface area contributed by atoms with E-state index in [9.17, 15) is 9.18 Å². The Bertz CT molecular complexity index is 434. The summed E-state index contributed by atoms with van der Waals surface area (Å²) >= 11 is 0. The van der Waals surface area contributed by atoms with Crippen molar-refractivity contribution in [3.8, 4) is 0 Å². The summed E-state index contributed by atoms with van der Waals surface area (Å²) in [7, 11) is 0. The van der Waals surface area contributed by atoms with Crippen molar-refractivity contribution in [2.45, 2.75) is 6.61 Å². The van der Waals surface area contributed by atoms with E-state index in [1.54, 1.807) is 0 Å². The minimum atomic E-state index is -0.675. The molecule has 2 rings (SSSR count). The molecular formula is C9H4FNO2. The maximum atomic E-state index is 13.1. The predicted molar refractivity (Wildman–Crippen MR) is 41.8 cm³/mol. The van der Waals surface area contributed by atoms with Gasteiger partial charge in [-0.05, 0) is 17.7 Å². The van der Waals surface area contributed by atoms with Crippen molar-refractivity contribution < 1.29 is 13.9 Å². The first-order chi connectivity index (χ1) is 6.22. The van der Waals surface area contributed by atoms with Crippen LogP contribution < -0.4 is 0 Å². The average molecular weight is 177 g/mol. The molecule has 0 atom stereocenters. The second-order valence-corrected chi connectivity index (χ2v) is 2.65. The first kappa shape index (κ1) is 7.74. The van der Waals surface area contributed by atoms with Crippen molar-refractivity contribution in [2.75, 3.05) is 0 Å². The Morgan fingerprint density at radius 2 is 2.31 bits per heavy atom. The molecular weight excluding hydrogens is 173 g/mol. The van der Waals surface area contributed by atoms with Crippen molar-refractivity contribution in [3.05, 3.63) is 40.5 Å². The van der Waals surface area contributed by atoms with E-state index < -0.39 is 11.8 Å². The monoisotopic (exact) mass is 177 g/mol. The van der Waals surface area contributed by atoms with Gasteiger partial charge < -0.3 is 4.74 Å². The molecule has 1 heterocycles. The third-order valence-electron chi connectivity index (χ3n) is 1.85. The van der Waals surface area contributed by atoms with Crippen molar-refractivity contribution in [1.82, 2.24) is 0 Å². The van der Waals surface area contributed by atoms with Gasteiger partial charge in [0.1, 0.15) is 12.4 Å². The maximum absolute atomic E-state index is 13.1. The second-order valence-electron chi connectivity index (χ2n) is 2.65. The fourth-order valence-corrected chi connectivity index (χ4v) is 1.27. The van der Waals surface area contributed by atoms with E-state index in [0.717, 1.165) is 6.07 Å². The number of halogens is 1. The van der Waals surface area contributed by atoms with Crippen LogP contribution in [-0.2, 0) is 11.3 Å². The Morgan fingerprint density at radius 1 is 1.54 bits per heavy atom. The lowest BCUT2D eigenvalue weighted by atomic mass is 10.1. The van der Waals surface area contributed by atoms with Crippen LogP contribution in [0.15, 0.2) is 12.1 Å². The van der Waals surface area contributed by atoms with E-state index in [-0.39, 0.29) is 17.9 Å². The topological polar surface area (TPSA) is 30.7 Å². The molecule has 0 bridgehead atoms. The lowest BCUT2D eigenvalue weighted by Gasteiger charge is -1.96. The van der Waals surface area contributed by atoms with Crippen LogP contribution >= 0.6 is 0 Å². The van der Waals surface area contributed by atoms with E-state index in [2.05, 4.69) is 9.58 Å². The molecule has 0 N–H and O–H groups in total. The van der Waals surface area contributed by atoms with Gasteiger partial charge in [-0.1, -0.05) is 0 Å². The molecule has 64 valence electrons. The summed E-state index contributed by atoms with van der Waals surface area (Å²) in [6.45, 7) is 6.75. The molecule has 4 heteroatoms. The summed E-state index contributed by atoms with van der Waals surface area (Å²) in [5.74, 6) is -1.32. The molecule has 0 spiro atoms. The molecule has 0 saturated carbocycles. The van der Waals surface area contributed by atoms with Crippen LogP contribution in [0.2, 0.25) is 0 Å². The first-order valence-corrected chi connectivity index (χ1v) is 3.59. The Labute approximate surface area is 73.6 Å². The molecule has 1 aromatic rings. The largest absolute Gasteiger partial charge is 0.457 e. The highest BCUT2D eigenvalue weighted by Gasteiger charge is 2.25. The van der Waals surface area contributed by atoms with Crippen molar-refractivity contribution in [3.63, 3.8) is 0 Å². The number of carbonyl (C=O) groups is 1. The number of hydrogen-bond acceptors (Lipinski definition) is 2. The summed E-state index contributed by atoms with van der Waals surface area (Å²) in [5.41, 5.74) is 0.609. The van der Waals surface area contributed by atoms with Crippen molar-refractivity contribution >= 4 is 11.7 Å². The molecule has 0 saturated heterocycles. The Kier molecular flexibility index (Phi) is 1.52. The summed E-state index contributed by atoms with van der Waals surface area (Å²) < 4.78 is 17.8. The Hall–Kier alpha value is -1.89. The maximum Gasteiger partial charge on any atom is 0.341 e. The highest BCUT2D eigenvalue weighted by molar-refractivity contribution is 5.94. The minimum absolute atomic E-state index is 0.0348. The van der Waals surface area contributed by atoms with Gasteiger partial charge in [-0.25, -0.2) is 14.0 Å². The normalized spacial score (nSPS) is 13.4. The van der Waals surface area contributed by atoms with Crippen LogP contribution in [0.4, 0.5) is 10.1 Å². The average Bonchev–Trinajstić information content (AvgIpc) is 2.48. The smallest absolute Gasteiger partial charge is 0.341 e. The third kappa shape index (κ3) is 1.05. The molecule has 0 radical (unpaired) electrons. The molecule has 1 aliphatic heterocycles. The summed E-state index contributed by atoms with van der Waals surface area (Å²) in [4.78, 5) is 14.0. The Morgan fingerprint density at radius 3 is 3.00 bits per heavy atom.